The molecule has 1 saturated heterocycles. The summed E-state index contributed by atoms with van der Waals surface area (Å²) in [5.74, 6) is 0. The second-order valence-electron chi connectivity index (χ2n) is 5.34. The molecule has 0 bridgehead atoms. The van der Waals surface area contributed by atoms with Gasteiger partial charge in [-0.3, -0.25) is 0 Å². The molecule has 0 spiro atoms. The van der Waals surface area contributed by atoms with Crippen molar-refractivity contribution in [3.8, 4) is 0 Å². The van der Waals surface area contributed by atoms with Crippen molar-refractivity contribution in [2.75, 3.05) is 27.2 Å². The van der Waals surface area contributed by atoms with E-state index in [1.165, 1.54) is 4.31 Å². The number of sulfonamides is 1. The highest BCUT2D eigenvalue weighted by atomic mass is 79.9. The average Bonchev–Trinajstić information content (AvgIpc) is 2.84. The predicted octanol–water partition coefficient (Wildman–Crippen LogP) is 2.30. The third-order valence-electron chi connectivity index (χ3n) is 3.93. The number of likely N-dealkylation sites (tertiary alicyclic amines) is 1. The van der Waals surface area contributed by atoms with E-state index in [1.807, 2.05) is 12.1 Å². The van der Waals surface area contributed by atoms with E-state index in [4.69, 9.17) is 0 Å². The molecule has 0 amide bonds. The molecule has 0 N–H and O–H groups in total. The Bertz CT molecular complexity index is 545. The topological polar surface area (TPSA) is 40.6 Å². The highest BCUT2D eigenvalue weighted by Gasteiger charge is 2.27. The van der Waals surface area contributed by atoms with Crippen molar-refractivity contribution in [3.05, 3.63) is 29.8 Å². The maximum atomic E-state index is 12.5. The van der Waals surface area contributed by atoms with Gasteiger partial charge in [-0.2, -0.15) is 4.31 Å². The first-order chi connectivity index (χ1) is 9.45. The Morgan fingerprint density at radius 2 is 2.00 bits per heavy atom. The van der Waals surface area contributed by atoms with Crippen LogP contribution in [0.4, 0.5) is 0 Å². The van der Waals surface area contributed by atoms with Crippen LogP contribution in [0.3, 0.4) is 0 Å². The fourth-order valence-corrected chi connectivity index (χ4v) is 4.12. The molecular formula is C14H21BrN2O2S. The molecule has 0 aromatic heterocycles. The number of hydrogen-bond donors (Lipinski definition) is 0. The fraction of sp³-hybridized carbons (Fsp3) is 0.571. The molecular weight excluding hydrogens is 340 g/mol. The van der Waals surface area contributed by atoms with E-state index in [1.54, 1.807) is 19.2 Å². The molecule has 0 radical (unpaired) electrons. The number of alkyl halides is 1. The Labute approximate surface area is 129 Å². The minimum atomic E-state index is -3.38. The highest BCUT2D eigenvalue weighted by Crippen LogP contribution is 2.20. The first-order valence-electron chi connectivity index (χ1n) is 6.76. The molecule has 1 unspecified atom stereocenters. The molecule has 1 atom stereocenters. The van der Waals surface area contributed by atoms with E-state index in [2.05, 4.69) is 27.9 Å². The number of rotatable bonds is 5. The highest BCUT2D eigenvalue weighted by molar-refractivity contribution is 9.08. The van der Waals surface area contributed by atoms with Crippen LogP contribution in [-0.4, -0.2) is 50.8 Å². The smallest absolute Gasteiger partial charge is 0.242 e. The van der Waals surface area contributed by atoms with Gasteiger partial charge in [0.05, 0.1) is 4.90 Å². The largest absolute Gasteiger partial charge is 0.302 e. The number of benzene rings is 1. The molecule has 1 aliphatic heterocycles. The van der Waals surface area contributed by atoms with Gasteiger partial charge >= 0.3 is 0 Å². The molecule has 4 nitrogen and oxygen atoms in total. The van der Waals surface area contributed by atoms with Gasteiger partial charge in [-0.25, -0.2) is 8.42 Å². The first-order valence-corrected chi connectivity index (χ1v) is 9.33. The Hall–Kier alpha value is -0.430. The Morgan fingerprint density at radius 1 is 1.35 bits per heavy atom. The van der Waals surface area contributed by atoms with Gasteiger partial charge in [-0.1, -0.05) is 28.1 Å². The van der Waals surface area contributed by atoms with Crippen LogP contribution >= 0.6 is 15.9 Å². The molecule has 0 aliphatic carbocycles. The predicted molar refractivity (Wildman–Crippen MR) is 84.5 cm³/mol. The van der Waals surface area contributed by atoms with Crippen molar-refractivity contribution in [1.29, 1.82) is 0 Å². The van der Waals surface area contributed by atoms with Crippen LogP contribution in [0.15, 0.2) is 29.2 Å². The second-order valence-corrected chi connectivity index (χ2v) is 7.95. The van der Waals surface area contributed by atoms with Crippen LogP contribution in [0.25, 0.3) is 0 Å². The third-order valence-corrected chi connectivity index (χ3v) is 6.41. The lowest BCUT2D eigenvalue weighted by Crippen LogP contribution is -2.39. The lowest BCUT2D eigenvalue weighted by Gasteiger charge is -2.25. The number of hydrogen-bond acceptors (Lipinski definition) is 3. The summed E-state index contributed by atoms with van der Waals surface area (Å²) in [4.78, 5) is 2.60. The second kappa shape index (κ2) is 6.56. The monoisotopic (exact) mass is 360 g/mol. The van der Waals surface area contributed by atoms with Crippen LogP contribution in [-0.2, 0) is 15.4 Å². The summed E-state index contributed by atoms with van der Waals surface area (Å²) in [5, 5.41) is 0.732. The zero-order valence-electron chi connectivity index (χ0n) is 11.9. The van der Waals surface area contributed by atoms with Gasteiger partial charge in [-0.15, -0.1) is 0 Å². The van der Waals surface area contributed by atoms with Crippen LogP contribution in [0.5, 0.6) is 0 Å². The molecule has 1 aromatic rings. The zero-order chi connectivity index (χ0) is 14.8. The Balaban J connectivity index is 2.11. The van der Waals surface area contributed by atoms with E-state index in [9.17, 15) is 8.42 Å². The van der Waals surface area contributed by atoms with Crippen molar-refractivity contribution < 1.29 is 8.42 Å². The lowest BCUT2D eigenvalue weighted by atomic mass is 10.2. The molecule has 2 rings (SSSR count). The number of halogens is 1. The summed E-state index contributed by atoms with van der Waals surface area (Å²) in [7, 11) is 0.342. The lowest BCUT2D eigenvalue weighted by molar-refractivity contribution is 0.271. The van der Waals surface area contributed by atoms with E-state index < -0.39 is 10.0 Å². The molecule has 1 heterocycles. The first kappa shape index (κ1) is 15.9. The third kappa shape index (κ3) is 3.42. The molecule has 20 heavy (non-hydrogen) atoms. The van der Waals surface area contributed by atoms with Crippen molar-refractivity contribution in [3.63, 3.8) is 0 Å². The summed E-state index contributed by atoms with van der Waals surface area (Å²) in [6, 6.07) is 7.38. The van der Waals surface area contributed by atoms with E-state index >= 15 is 0 Å². The zero-order valence-corrected chi connectivity index (χ0v) is 14.3. The van der Waals surface area contributed by atoms with E-state index in [0.29, 0.717) is 17.5 Å². The summed E-state index contributed by atoms with van der Waals surface area (Å²) in [5.41, 5.74) is 1.07. The van der Waals surface area contributed by atoms with Gasteiger partial charge in [-0.05, 0) is 44.1 Å². The molecule has 6 heteroatoms. The minimum absolute atomic E-state index is 0.330. The quantitative estimate of drug-likeness (QED) is 0.756. The van der Waals surface area contributed by atoms with E-state index in [0.717, 1.165) is 30.3 Å². The van der Waals surface area contributed by atoms with Crippen molar-refractivity contribution in [2.45, 2.75) is 29.1 Å². The van der Waals surface area contributed by atoms with E-state index in [-0.39, 0.29) is 0 Å². The molecule has 1 aromatic carbocycles. The SMILES string of the molecule is CN1CCCC1CN(C)S(=O)(=O)c1ccc(CBr)cc1. The van der Waals surface area contributed by atoms with Crippen molar-refractivity contribution >= 4 is 26.0 Å². The normalized spacial score (nSPS) is 20.7. The molecule has 112 valence electrons. The fourth-order valence-electron chi connectivity index (χ4n) is 2.54. The summed E-state index contributed by atoms with van der Waals surface area (Å²) < 4.78 is 26.5. The van der Waals surface area contributed by atoms with Gasteiger partial charge < -0.3 is 4.90 Å². The number of nitrogens with zero attached hydrogens (tertiary/aromatic N) is 2. The van der Waals surface area contributed by atoms with Crippen LogP contribution < -0.4 is 0 Å². The average molecular weight is 361 g/mol. The molecule has 1 aliphatic rings. The molecule has 1 fully saturated rings. The van der Waals surface area contributed by atoms with Crippen LogP contribution in [0.2, 0.25) is 0 Å². The van der Waals surface area contributed by atoms with Crippen molar-refractivity contribution in [1.82, 2.24) is 9.21 Å². The number of likely N-dealkylation sites (N-methyl/N-ethyl adjacent to an activating group) is 2. The van der Waals surface area contributed by atoms with Gasteiger partial charge in [0.1, 0.15) is 0 Å². The van der Waals surface area contributed by atoms with Crippen LogP contribution in [0.1, 0.15) is 18.4 Å². The maximum absolute atomic E-state index is 12.5. The summed E-state index contributed by atoms with van der Waals surface area (Å²) in [6.45, 7) is 1.61. The maximum Gasteiger partial charge on any atom is 0.242 e. The van der Waals surface area contributed by atoms with Crippen LogP contribution in [0, 0.1) is 0 Å². The Kier molecular flexibility index (Phi) is 5.23. The van der Waals surface area contributed by atoms with Gasteiger partial charge in [0.25, 0.3) is 0 Å². The molecule has 0 saturated carbocycles. The minimum Gasteiger partial charge on any atom is -0.302 e. The van der Waals surface area contributed by atoms with Gasteiger partial charge in [0.2, 0.25) is 10.0 Å². The van der Waals surface area contributed by atoms with Gasteiger partial charge in [0, 0.05) is 25.0 Å². The summed E-state index contributed by atoms with van der Waals surface area (Å²) >= 11 is 3.36. The van der Waals surface area contributed by atoms with Gasteiger partial charge in [0.15, 0.2) is 0 Å². The standard InChI is InChI=1S/C14H21BrN2O2S/c1-16-9-3-4-13(16)11-17(2)20(18,19)14-7-5-12(10-15)6-8-14/h5-8,13H,3-4,9-11H2,1-2H3. The summed E-state index contributed by atoms with van der Waals surface area (Å²) in [6.07, 6.45) is 2.22. The Morgan fingerprint density at radius 3 is 2.50 bits per heavy atom. The van der Waals surface area contributed by atoms with Crippen molar-refractivity contribution in [2.24, 2.45) is 0 Å².